The number of halogens is 10. The van der Waals surface area contributed by atoms with Crippen LogP contribution in [0.15, 0.2) is 60.7 Å². The molecule has 0 N–H and O–H groups in total. The van der Waals surface area contributed by atoms with Crippen LogP contribution in [0, 0.1) is 23.3 Å². The number of aryl methyl sites for hydroxylation is 2. The van der Waals surface area contributed by atoms with E-state index in [1.165, 1.54) is 24.3 Å². The van der Waals surface area contributed by atoms with Crippen LogP contribution in [0.25, 0.3) is 0 Å². The highest BCUT2D eigenvalue weighted by molar-refractivity contribution is 5.50. The van der Waals surface area contributed by atoms with Gasteiger partial charge in [-0.1, -0.05) is 75.2 Å². The van der Waals surface area contributed by atoms with Crippen molar-refractivity contribution in [2.24, 2.45) is 0 Å². The first-order chi connectivity index (χ1) is 21.1. The van der Waals surface area contributed by atoms with E-state index in [2.05, 4.69) is 0 Å². The highest BCUT2D eigenvalue weighted by Crippen LogP contribution is 2.43. The first-order valence-electron chi connectivity index (χ1n) is 14.1. The molecule has 4 rings (SSSR count). The van der Waals surface area contributed by atoms with Crippen molar-refractivity contribution in [3.63, 3.8) is 0 Å². The van der Waals surface area contributed by atoms with E-state index in [0.717, 1.165) is 24.0 Å². The molecule has 0 saturated carbocycles. The molecule has 45 heavy (non-hydrogen) atoms. The van der Waals surface area contributed by atoms with Crippen LogP contribution in [0.4, 0.5) is 43.9 Å². The predicted octanol–water partition coefficient (Wildman–Crippen LogP) is 11.2. The van der Waals surface area contributed by atoms with Crippen LogP contribution in [-0.4, -0.2) is 0 Å². The molecule has 0 fully saturated rings. The quantitative estimate of drug-likeness (QED) is 0.156. The molecule has 0 aliphatic heterocycles. The summed E-state index contributed by atoms with van der Waals surface area (Å²) in [7, 11) is 0. The lowest BCUT2D eigenvalue weighted by atomic mass is 9.97. The number of hydrogen-bond donors (Lipinski definition) is 0. The van der Waals surface area contributed by atoms with E-state index < -0.39 is 82.2 Å². The zero-order valence-corrected chi connectivity index (χ0v) is 24.2. The number of alkyl halides is 6. The van der Waals surface area contributed by atoms with Crippen molar-refractivity contribution in [2.45, 2.75) is 64.7 Å². The minimum Gasteiger partial charge on any atom is -0.456 e. The van der Waals surface area contributed by atoms with Gasteiger partial charge in [-0.3, -0.25) is 0 Å². The van der Waals surface area contributed by atoms with Crippen molar-refractivity contribution < 1.29 is 48.6 Å². The summed E-state index contributed by atoms with van der Waals surface area (Å²) in [6.07, 6.45) is -9.00. The second-order valence-corrected chi connectivity index (χ2v) is 10.6. The third-order valence-corrected chi connectivity index (χ3v) is 7.23. The summed E-state index contributed by atoms with van der Waals surface area (Å²) in [6.45, 7) is 3.87. The minimum absolute atomic E-state index is 0.212. The van der Waals surface area contributed by atoms with Crippen LogP contribution in [0.1, 0.15) is 71.2 Å². The molecule has 0 radical (unpaired) electrons. The fraction of sp³-hybridized carbons (Fsp3) is 0.294. The zero-order chi connectivity index (χ0) is 33.1. The predicted molar refractivity (Wildman–Crippen MR) is 149 cm³/mol. The molecule has 0 aromatic heterocycles. The lowest BCUT2D eigenvalue weighted by Crippen LogP contribution is -2.16. The zero-order valence-electron chi connectivity index (χ0n) is 24.2. The highest BCUT2D eigenvalue weighted by atomic mass is 19.4. The van der Waals surface area contributed by atoms with Gasteiger partial charge in [0.25, 0.3) is 0 Å². The second kappa shape index (κ2) is 13.5. The van der Waals surface area contributed by atoms with Crippen LogP contribution >= 0.6 is 0 Å². The van der Waals surface area contributed by atoms with Gasteiger partial charge in [0.1, 0.15) is 45.9 Å². The molecule has 0 aliphatic rings. The Bertz CT molecular complexity index is 1510. The Balaban J connectivity index is 1.87. The van der Waals surface area contributed by atoms with E-state index in [-0.39, 0.29) is 12.1 Å². The van der Waals surface area contributed by atoms with Gasteiger partial charge in [0.2, 0.25) is 0 Å². The topological polar surface area (TPSA) is 9.23 Å². The van der Waals surface area contributed by atoms with Crippen molar-refractivity contribution in [1.29, 1.82) is 0 Å². The molecule has 4 aromatic carbocycles. The summed E-state index contributed by atoms with van der Waals surface area (Å²) in [5, 5.41) is 0. The van der Waals surface area contributed by atoms with Gasteiger partial charge in [-0.15, -0.1) is 0 Å². The fourth-order valence-electron chi connectivity index (χ4n) is 5.06. The Morgan fingerprint density at radius 3 is 1.11 bits per heavy atom. The number of rotatable bonds is 10. The maximum atomic E-state index is 15.5. The van der Waals surface area contributed by atoms with Gasteiger partial charge in [-0.25, -0.2) is 17.6 Å². The second-order valence-electron chi connectivity index (χ2n) is 10.6. The SMILES string of the molecule is CCCc1ccc(Cc2c(Oc3cc(F)c(C(F)(F)F)c(F)c3Cc3ccc(CCC)cc3)cc(F)c(C(F)(F)F)c2F)cc1. The summed E-state index contributed by atoms with van der Waals surface area (Å²) in [6, 6.07) is 13.2. The highest BCUT2D eigenvalue weighted by Gasteiger charge is 2.42. The van der Waals surface area contributed by atoms with Crippen molar-refractivity contribution in [2.75, 3.05) is 0 Å². The van der Waals surface area contributed by atoms with Crippen molar-refractivity contribution in [3.8, 4) is 11.5 Å². The van der Waals surface area contributed by atoms with Crippen LogP contribution < -0.4 is 4.74 Å². The number of ether oxygens (including phenoxy) is 1. The maximum absolute atomic E-state index is 15.5. The third-order valence-electron chi connectivity index (χ3n) is 7.23. The third kappa shape index (κ3) is 7.80. The van der Waals surface area contributed by atoms with Crippen LogP contribution in [0.3, 0.4) is 0 Å². The standard InChI is InChI=1S/C34H28F10O/c1-3-5-19-7-11-21(12-8-19)15-23-27(17-25(35)29(31(23)37)33(39,40)41)45-28-18-26(36)30(34(42,43)44)32(38)24(28)16-22-13-9-20(6-4-2)10-14-22/h7-14,17-18H,3-6,15-16H2,1-2H3. The van der Waals surface area contributed by atoms with Gasteiger partial charge in [-0.05, 0) is 35.1 Å². The molecule has 4 aromatic rings. The number of hydrogen-bond acceptors (Lipinski definition) is 1. The Hall–Kier alpha value is -4.02. The molecule has 0 saturated heterocycles. The Morgan fingerprint density at radius 2 is 0.822 bits per heavy atom. The Kier molecular flexibility index (Phi) is 10.2. The summed E-state index contributed by atoms with van der Waals surface area (Å²) in [5.74, 6) is -9.94. The van der Waals surface area contributed by atoms with Gasteiger partial charge in [0.15, 0.2) is 0 Å². The molecule has 0 heterocycles. The molecule has 0 aliphatic carbocycles. The van der Waals surface area contributed by atoms with Gasteiger partial charge >= 0.3 is 12.4 Å². The van der Waals surface area contributed by atoms with E-state index in [9.17, 15) is 35.1 Å². The summed E-state index contributed by atoms with van der Waals surface area (Å²) in [5.41, 5.74) is -3.61. The van der Waals surface area contributed by atoms with E-state index in [1.807, 2.05) is 13.8 Å². The minimum atomic E-state index is -5.45. The summed E-state index contributed by atoms with van der Waals surface area (Å²) in [4.78, 5) is 0. The molecular weight excluding hydrogens is 614 g/mol. The molecule has 0 unspecified atom stereocenters. The van der Waals surface area contributed by atoms with Crippen molar-refractivity contribution in [1.82, 2.24) is 0 Å². The average Bonchev–Trinajstić information content (AvgIpc) is 2.93. The van der Waals surface area contributed by atoms with Gasteiger partial charge < -0.3 is 4.74 Å². The molecule has 240 valence electrons. The van der Waals surface area contributed by atoms with E-state index in [1.54, 1.807) is 24.3 Å². The monoisotopic (exact) mass is 642 g/mol. The Labute approximate surface area is 253 Å². The average molecular weight is 643 g/mol. The van der Waals surface area contributed by atoms with Crippen molar-refractivity contribution in [3.05, 3.63) is 128 Å². The fourth-order valence-corrected chi connectivity index (χ4v) is 5.06. The molecule has 0 spiro atoms. The Morgan fingerprint density at radius 1 is 0.511 bits per heavy atom. The smallest absolute Gasteiger partial charge is 0.422 e. The first kappa shape index (κ1) is 33.9. The summed E-state index contributed by atoms with van der Waals surface area (Å²) < 4.78 is 148. The van der Waals surface area contributed by atoms with E-state index in [0.29, 0.717) is 24.0 Å². The normalized spacial score (nSPS) is 12.1. The largest absolute Gasteiger partial charge is 0.456 e. The van der Waals surface area contributed by atoms with E-state index >= 15 is 8.78 Å². The van der Waals surface area contributed by atoms with Gasteiger partial charge in [0, 0.05) is 36.1 Å². The van der Waals surface area contributed by atoms with Gasteiger partial charge in [-0.2, -0.15) is 26.3 Å². The molecule has 1 nitrogen and oxygen atoms in total. The molecule has 0 atom stereocenters. The van der Waals surface area contributed by atoms with Crippen molar-refractivity contribution >= 4 is 0 Å². The molecule has 11 heteroatoms. The molecular formula is C34H28F10O. The molecule has 0 amide bonds. The lowest BCUT2D eigenvalue weighted by molar-refractivity contribution is -0.143. The lowest BCUT2D eigenvalue weighted by Gasteiger charge is -2.20. The number of benzene rings is 4. The summed E-state index contributed by atoms with van der Waals surface area (Å²) >= 11 is 0. The molecule has 0 bridgehead atoms. The van der Waals surface area contributed by atoms with Crippen LogP contribution in [-0.2, 0) is 38.0 Å². The van der Waals surface area contributed by atoms with Crippen LogP contribution in [0.2, 0.25) is 0 Å². The van der Waals surface area contributed by atoms with E-state index in [4.69, 9.17) is 4.74 Å². The first-order valence-corrected chi connectivity index (χ1v) is 14.1. The van der Waals surface area contributed by atoms with Gasteiger partial charge in [0.05, 0.1) is 0 Å². The maximum Gasteiger partial charge on any atom is 0.422 e. The van der Waals surface area contributed by atoms with Crippen LogP contribution in [0.5, 0.6) is 11.5 Å².